The third-order valence-corrected chi connectivity index (χ3v) is 3.88. The Morgan fingerprint density at radius 3 is 2.55 bits per heavy atom. The zero-order valence-corrected chi connectivity index (χ0v) is 19.7. The molecule has 4 nitrogen and oxygen atoms in total. The zero-order valence-electron chi connectivity index (χ0n) is 13.3. The van der Waals surface area contributed by atoms with Crippen LogP contribution in [0.1, 0.15) is 47.5 Å². The van der Waals surface area contributed by atoms with Gasteiger partial charge in [-0.1, -0.05) is 20.8 Å². The normalized spacial score (nSPS) is 28.1. The first-order valence-corrected chi connectivity index (χ1v) is 6.92. The van der Waals surface area contributed by atoms with E-state index in [0.29, 0.717) is 6.42 Å². The van der Waals surface area contributed by atoms with Crippen LogP contribution in [0.5, 0.6) is 0 Å². The van der Waals surface area contributed by atoms with Gasteiger partial charge in [-0.05, 0) is 20.3 Å². The van der Waals surface area contributed by atoms with Crippen molar-refractivity contribution in [2.45, 2.75) is 59.7 Å². The van der Waals surface area contributed by atoms with E-state index in [-0.39, 0.29) is 30.2 Å². The Morgan fingerprint density at radius 2 is 2.10 bits per heavy atom. The standard InChI is InChI=1S/C15H25O4.Rf/c1-7-15(5,6)14(17)19-13-10(4)8-11(16)18-12(13)9(2)3;/h9-10,12-13H,2,7-8H2,1,3-6H3;/q-1;. The second kappa shape index (κ2) is 6.40. The second-order valence-corrected chi connectivity index (χ2v) is 6.22. The van der Waals surface area contributed by atoms with E-state index in [1.165, 1.54) is 0 Å². The maximum Gasteiger partial charge on any atom is 0.311 e. The molecule has 0 aromatic rings. The van der Waals surface area contributed by atoms with Crippen molar-refractivity contribution < 1.29 is 19.1 Å². The van der Waals surface area contributed by atoms with Crippen molar-refractivity contribution in [2.75, 3.05) is 0 Å². The number of hydrogen-bond donors (Lipinski definition) is 0. The number of hydrogen-bond acceptors (Lipinski definition) is 4. The van der Waals surface area contributed by atoms with E-state index in [2.05, 4.69) is 6.92 Å². The Balaban J connectivity index is 0.00000361. The van der Waals surface area contributed by atoms with Gasteiger partial charge in [0.2, 0.25) is 0 Å². The van der Waals surface area contributed by atoms with Gasteiger partial charge in [-0.25, -0.2) is 0 Å². The van der Waals surface area contributed by atoms with Crippen LogP contribution in [0, 0.1) is 24.2 Å². The van der Waals surface area contributed by atoms with Crippen LogP contribution in [-0.2, 0) is 19.1 Å². The molecule has 20 heavy (non-hydrogen) atoms. The predicted molar refractivity (Wildman–Crippen MR) is 72.1 cm³/mol. The van der Waals surface area contributed by atoms with E-state index < -0.39 is 17.6 Å². The van der Waals surface area contributed by atoms with Gasteiger partial charge in [0.05, 0.1) is 11.8 Å². The van der Waals surface area contributed by atoms with Crippen molar-refractivity contribution in [3.8, 4) is 0 Å². The second-order valence-electron chi connectivity index (χ2n) is 6.22. The van der Waals surface area contributed by atoms with Gasteiger partial charge in [-0.2, -0.15) is 0 Å². The molecule has 1 heterocycles. The van der Waals surface area contributed by atoms with Crippen molar-refractivity contribution in [2.24, 2.45) is 17.3 Å². The Morgan fingerprint density at radius 1 is 1.55 bits per heavy atom. The number of carbonyl (C=O) groups is 2. The van der Waals surface area contributed by atoms with Crippen LogP contribution >= 0.6 is 0 Å². The molecule has 1 aliphatic rings. The van der Waals surface area contributed by atoms with Gasteiger partial charge in [0, 0.05) is 5.92 Å². The zero-order chi connectivity index (χ0) is 14.8. The van der Waals surface area contributed by atoms with Gasteiger partial charge in [0.25, 0.3) is 0 Å². The minimum Gasteiger partial charge on any atom is -0.461 e. The molecule has 4 unspecified atom stereocenters. The fraction of sp³-hybridized carbons (Fsp3) is 0.800. The summed E-state index contributed by atoms with van der Waals surface area (Å²) in [6.07, 6.45) is 0.141. The molecule has 1 fully saturated rings. The Hall–Kier alpha value is -2.06. The Bertz CT molecular complexity index is 352. The van der Waals surface area contributed by atoms with E-state index in [1.54, 1.807) is 0 Å². The average Bonchev–Trinajstić information content (AvgIpc) is 2.31. The van der Waals surface area contributed by atoms with Gasteiger partial charge < -0.3 is 16.4 Å². The number of ether oxygens (including phenoxy) is 2. The largest absolute Gasteiger partial charge is 0.461 e. The summed E-state index contributed by atoms with van der Waals surface area (Å²) in [5.74, 6) is -0.633. The van der Waals surface area contributed by atoms with Crippen LogP contribution in [-0.4, -0.2) is 24.1 Å². The Kier molecular flexibility index (Phi) is 5.74. The minimum atomic E-state index is -0.518. The van der Waals surface area contributed by atoms with Gasteiger partial charge >= 0.3 is 11.9 Å². The van der Waals surface area contributed by atoms with Gasteiger partial charge in [0.15, 0.2) is 0 Å². The molecule has 0 radical (unpaired) electrons. The first kappa shape index (κ1) is 17.9. The SMILES string of the molecule is [CH2-]C(C)C1OC(=O)CC(C)C1OC(=O)C(C)(C)CC.[Rf]. The van der Waals surface area contributed by atoms with E-state index in [9.17, 15) is 9.59 Å². The molecular weight excluding hydrogens is 511 g/mol. The summed E-state index contributed by atoms with van der Waals surface area (Å²) < 4.78 is 10.9. The molecule has 0 bridgehead atoms. The minimum absolute atomic E-state index is 0. The monoisotopic (exact) mass is 536 g/mol. The quantitative estimate of drug-likeness (QED) is 0.410. The molecule has 1 saturated heterocycles. The average molecular weight is 536 g/mol. The van der Waals surface area contributed by atoms with Crippen molar-refractivity contribution in [1.29, 1.82) is 0 Å². The fourth-order valence-corrected chi connectivity index (χ4v) is 2.02. The van der Waals surface area contributed by atoms with E-state index in [4.69, 9.17) is 9.47 Å². The van der Waals surface area contributed by atoms with Crippen LogP contribution in [0.15, 0.2) is 0 Å². The molecule has 0 N–H and O–H groups in total. The number of esters is 2. The van der Waals surface area contributed by atoms with Crippen LogP contribution in [0.3, 0.4) is 0 Å². The fourth-order valence-electron chi connectivity index (χ4n) is 2.02. The molecule has 1 rings (SSSR count). The molecule has 0 saturated carbocycles. The first-order chi connectivity index (χ1) is 8.69. The molecule has 0 aliphatic carbocycles. The molecule has 112 valence electrons. The first-order valence-electron chi connectivity index (χ1n) is 6.92. The van der Waals surface area contributed by atoms with Gasteiger partial charge in [-0.3, -0.25) is 9.59 Å². The Labute approximate surface area is 115 Å². The van der Waals surface area contributed by atoms with Crippen LogP contribution < -0.4 is 0 Å². The topological polar surface area (TPSA) is 52.6 Å². The van der Waals surface area contributed by atoms with E-state index >= 15 is 0 Å². The molecule has 4 atom stereocenters. The van der Waals surface area contributed by atoms with Gasteiger partial charge in [-0.15, -0.1) is 5.92 Å². The van der Waals surface area contributed by atoms with E-state index in [1.807, 2.05) is 34.6 Å². The summed E-state index contributed by atoms with van der Waals surface area (Å²) in [5, 5.41) is 0. The summed E-state index contributed by atoms with van der Waals surface area (Å²) in [5.41, 5.74) is -0.518. The molecule has 0 aromatic heterocycles. The molecule has 0 spiro atoms. The summed E-state index contributed by atoms with van der Waals surface area (Å²) in [7, 11) is 0. The molecule has 1 aliphatic heterocycles. The molecule has 5 heteroatoms. The van der Waals surface area contributed by atoms with Crippen LogP contribution in [0.4, 0.5) is 0 Å². The number of rotatable bonds is 4. The van der Waals surface area contributed by atoms with E-state index in [0.717, 1.165) is 0 Å². The van der Waals surface area contributed by atoms with Crippen molar-refractivity contribution in [1.82, 2.24) is 0 Å². The summed E-state index contributed by atoms with van der Waals surface area (Å²) in [4.78, 5) is 23.7. The van der Waals surface area contributed by atoms with Gasteiger partial charge in [0.1, 0.15) is 12.2 Å². The predicted octanol–water partition coefficient (Wildman–Crippen LogP) is 2.76. The van der Waals surface area contributed by atoms with Crippen molar-refractivity contribution >= 4 is 11.9 Å². The maximum absolute atomic E-state index is 12.2. The summed E-state index contributed by atoms with van der Waals surface area (Å²) >= 11 is 0. The number of cyclic esters (lactones) is 1. The van der Waals surface area contributed by atoms with Crippen LogP contribution in [0.25, 0.3) is 0 Å². The molecule has 0 amide bonds. The summed E-state index contributed by atoms with van der Waals surface area (Å²) in [6.45, 7) is 13.3. The van der Waals surface area contributed by atoms with Crippen molar-refractivity contribution in [3.05, 3.63) is 6.92 Å². The summed E-state index contributed by atoms with van der Waals surface area (Å²) in [6, 6.07) is 0. The smallest absolute Gasteiger partial charge is 0.311 e. The third-order valence-electron chi connectivity index (χ3n) is 3.88. The maximum atomic E-state index is 12.2. The van der Waals surface area contributed by atoms with Crippen molar-refractivity contribution in [3.63, 3.8) is 0 Å². The molecule has 0 aromatic carbocycles. The van der Waals surface area contributed by atoms with Crippen LogP contribution in [0.2, 0.25) is 0 Å². The third kappa shape index (κ3) is 3.72. The number of carbonyl (C=O) groups excluding carboxylic acids is 2. The molecular formula is C15H25O4Rf-.